The number of rotatable bonds is 3. The van der Waals surface area contributed by atoms with E-state index in [4.69, 9.17) is 28.3 Å². The lowest BCUT2D eigenvalue weighted by atomic mass is 10.2. The summed E-state index contributed by atoms with van der Waals surface area (Å²) in [5.41, 5.74) is 1.60. The number of carbonyl (C=O) groups is 1. The van der Waals surface area contributed by atoms with Gasteiger partial charge in [-0.2, -0.15) is 0 Å². The lowest BCUT2D eigenvalue weighted by Gasteiger charge is -2.06. The largest absolute Gasteiger partial charge is 0.481 e. The van der Waals surface area contributed by atoms with Crippen LogP contribution in [0.3, 0.4) is 0 Å². The van der Waals surface area contributed by atoms with Crippen LogP contribution < -0.4 is 0 Å². The summed E-state index contributed by atoms with van der Waals surface area (Å²) in [6.45, 7) is 1.73. The second kappa shape index (κ2) is 4.96. The third kappa shape index (κ3) is 2.32. The number of aromatic nitrogens is 3. The van der Waals surface area contributed by atoms with Crippen LogP contribution >= 0.6 is 23.2 Å². The van der Waals surface area contributed by atoms with E-state index >= 15 is 0 Å². The first-order chi connectivity index (χ1) is 8.50. The molecule has 1 heterocycles. The Bertz CT molecular complexity index is 610. The predicted molar refractivity (Wildman–Crippen MR) is 67.5 cm³/mol. The Morgan fingerprint density at radius 1 is 1.44 bits per heavy atom. The highest BCUT2D eigenvalue weighted by Gasteiger charge is 2.15. The molecular formula is C11H9Cl2N3O2. The van der Waals surface area contributed by atoms with Crippen molar-refractivity contribution in [2.45, 2.75) is 13.3 Å². The molecular weight excluding hydrogens is 277 g/mol. The first kappa shape index (κ1) is 12.9. The lowest BCUT2D eigenvalue weighted by molar-refractivity contribution is -0.136. The van der Waals surface area contributed by atoms with Crippen LogP contribution in [0, 0.1) is 6.92 Å². The molecule has 0 atom stereocenters. The lowest BCUT2D eigenvalue weighted by Crippen LogP contribution is -2.04. The Morgan fingerprint density at radius 3 is 2.83 bits per heavy atom. The second-order valence-electron chi connectivity index (χ2n) is 3.68. The molecule has 1 N–H and O–H groups in total. The summed E-state index contributed by atoms with van der Waals surface area (Å²) in [6.07, 6.45) is -0.177. The molecule has 0 unspecified atom stereocenters. The van der Waals surface area contributed by atoms with Crippen LogP contribution in [0.5, 0.6) is 0 Å². The molecule has 7 heteroatoms. The van der Waals surface area contributed by atoms with Crippen LogP contribution in [-0.2, 0) is 11.2 Å². The quantitative estimate of drug-likeness (QED) is 0.941. The highest BCUT2D eigenvalue weighted by Crippen LogP contribution is 2.28. The summed E-state index contributed by atoms with van der Waals surface area (Å²) in [5.74, 6) is -0.956. The Labute approximate surface area is 113 Å². The maximum Gasteiger partial charge on any atom is 0.309 e. The third-order valence-corrected chi connectivity index (χ3v) is 3.28. The molecule has 0 fully saturated rings. The first-order valence-electron chi connectivity index (χ1n) is 5.08. The zero-order valence-electron chi connectivity index (χ0n) is 9.39. The fraction of sp³-hybridized carbons (Fsp3) is 0.182. The van der Waals surface area contributed by atoms with E-state index in [1.54, 1.807) is 25.1 Å². The molecule has 0 saturated heterocycles. The Hall–Kier alpha value is -1.59. The van der Waals surface area contributed by atoms with Crippen LogP contribution in [0.15, 0.2) is 18.2 Å². The van der Waals surface area contributed by atoms with Crippen molar-refractivity contribution in [1.29, 1.82) is 0 Å². The van der Waals surface area contributed by atoms with Crippen molar-refractivity contribution in [3.8, 4) is 5.69 Å². The average molecular weight is 286 g/mol. The van der Waals surface area contributed by atoms with Crippen LogP contribution in [-0.4, -0.2) is 26.1 Å². The van der Waals surface area contributed by atoms with Gasteiger partial charge >= 0.3 is 5.97 Å². The molecule has 0 aliphatic heterocycles. The van der Waals surface area contributed by atoms with Gasteiger partial charge in [0.1, 0.15) is 0 Å². The van der Waals surface area contributed by atoms with Gasteiger partial charge in [-0.1, -0.05) is 34.5 Å². The fourth-order valence-electron chi connectivity index (χ4n) is 1.55. The van der Waals surface area contributed by atoms with Gasteiger partial charge in [0.15, 0.2) is 0 Å². The molecule has 1 aromatic carbocycles. The van der Waals surface area contributed by atoms with Crippen molar-refractivity contribution in [1.82, 2.24) is 15.0 Å². The van der Waals surface area contributed by atoms with E-state index in [9.17, 15) is 4.79 Å². The molecule has 0 radical (unpaired) electrons. The molecule has 1 aromatic heterocycles. The van der Waals surface area contributed by atoms with Gasteiger partial charge in [0.2, 0.25) is 0 Å². The van der Waals surface area contributed by atoms with E-state index in [1.807, 2.05) is 0 Å². The van der Waals surface area contributed by atoms with E-state index in [-0.39, 0.29) is 6.42 Å². The molecule has 0 saturated carbocycles. The fourth-order valence-corrected chi connectivity index (χ4v) is 1.93. The second-order valence-corrected chi connectivity index (χ2v) is 4.46. The maximum absolute atomic E-state index is 10.7. The summed E-state index contributed by atoms with van der Waals surface area (Å²) >= 11 is 12.0. The normalized spacial score (nSPS) is 10.6. The molecule has 0 aliphatic carbocycles. The smallest absolute Gasteiger partial charge is 0.309 e. The van der Waals surface area contributed by atoms with Crippen LogP contribution in [0.25, 0.3) is 5.69 Å². The van der Waals surface area contributed by atoms with Gasteiger partial charge in [-0.3, -0.25) is 4.79 Å². The highest BCUT2D eigenvalue weighted by molar-refractivity contribution is 6.43. The Kier molecular flexibility index (Phi) is 3.54. The number of halogens is 2. The average Bonchev–Trinajstić information content (AvgIpc) is 2.64. The maximum atomic E-state index is 10.7. The standard InChI is InChI=1S/C11H9Cl2N3O2/c1-6-8(5-10(17)18)14-15-16(6)9-4-2-3-7(12)11(9)13/h2-4H,5H2,1H3,(H,17,18). The van der Waals surface area contributed by atoms with Gasteiger partial charge in [-0.15, -0.1) is 5.10 Å². The Balaban J connectivity index is 2.49. The van der Waals surface area contributed by atoms with Crippen LogP contribution in [0.4, 0.5) is 0 Å². The number of hydrogen-bond donors (Lipinski definition) is 1. The minimum atomic E-state index is -0.956. The molecule has 2 aromatic rings. The van der Waals surface area contributed by atoms with Crippen molar-refractivity contribution < 1.29 is 9.90 Å². The molecule has 94 valence electrons. The topological polar surface area (TPSA) is 68.0 Å². The Morgan fingerprint density at radius 2 is 2.17 bits per heavy atom. The molecule has 0 spiro atoms. The molecule has 0 amide bonds. The van der Waals surface area contributed by atoms with Gasteiger partial charge < -0.3 is 5.11 Å². The van der Waals surface area contributed by atoms with E-state index in [0.29, 0.717) is 27.1 Å². The van der Waals surface area contributed by atoms with E-state index in [0.717, 1.165) is 0 Å². The van der Waals surface area contributed by atoms with Crippen molar-refractivity contribution in [2.75, 3.05) is 0 Å². The number of carboxylic acids is 1. The van der Waals surface area contributed by atoms with Crippen molar-refractivity contribution >= 4 is 29.2 Å². The third-order valence-electron chi connectivity index (χ3n) is 2.47. The van der Waals surface area contributed by atoms with Gasteiger partial charge in [0.05, 0.1) is 33.5 Å². The summed E-state index contributed by atoms with van der Waals surface area (Å²) < 4.78 is 1.48. The van der Waals surface area contributed by atoms with Crippen LogP contribution in [0.1, 0.15) is 11.4 Å². The summed E-state index contributed by atoms with van der Waals surface area (Å²) in [4.78, 5) is 10.7. The summed E-state index contributed by atoms with van der Waals surface area (Å²) in [6, 6.07) is 5.14. The van der Waals surface area contributed by atoms with E-state index < -0.39 is 5.97 Å². The summed E-state index contributed by atoms with van der Waals surface area (Å²) in [7, 11) is 0. The molecule has 2 rings (SSSR count). The number of carboxylic acid groups (broad SMARTS) is 1. The predicted octanol–water partition coefficient (Wildman–Crippen LogP) is 2.51. The van der Waals surface area contributed by atoms with Gasteiger partial charge in [0, 0.05) is 0 Å². The molecule has 0 bridgehead atoms. The zero-order valence-corrected chi connectivity index (χ0v) is 10.9. The van der Waals surface area contributed by atoms with Crippen molar-refractivity contribution in [3.63, 3.8) is 0 Å². The zero-order chi connectivity index (χ0) is 13.3. The SMILES string of the molecule is Cc1c(CC(=O)O)nnn1-c1cccc(Cl)c1Cl. The first-order valence-corrected chi connectivity index (χ1v) is 5.83. The number of benzene rings is 1. The molecule has 5 nitrogen and oxygen atoms in total. The minimum Gasteiger partial charge on any atom is -0.481 e. The monoisotopic (exact) mass is 285 g/mol. The summed E-state index contributed by atoms with van der Waals surface area (Å²) in [5, 5.41) is 17.2. The highest BCUT2D eigenvalue weighted by atomic mass is 35.5. The van der Waals surface area contributed by atoms with E-state index in [1.165, 1.54) is 4.68 Å². The van der Waals surface area contributed by atoms with Gasteiger partial charge in [-0.25, -0.2) is 4.68 Å². The number of aliphatic carboxylic acids is 1. The minimum absolute atomic E-state index is 0.177. The van der Waals surface area contributed by atoms with Gasteiger partial charge in [0.25, 0.3) is 0 Å². The van der Waals surface area contributed by atoms with E-state index in [2.05, 4.69) is 10.3 Å². The number of nitrogens with zero attached hydrogens (tertiary/aromatic N) is 3. The van der Waals surface area contributed by atoms with Crippen LogP contribution in [0.2, 0.25) is 10.0 Å². The van der Waals surface area contributed by atoms with Crippen molar-refractivity contribution in [2.24, 2.45) is 0 Å². The number of hydrogen-bond acceptors (Lipinski definition) is 3. The van der Waals surface area contributed by atoms with Crippen molar-refractivity contribution in [3.05, 3.63) is 39.6 Å². The molecule has 0 aliphatic rings. The molecule has 18 heavy (non-hydrogen) atoms. The van der Waals surface area contributed by atoms with Gasteiger partial charge in [-0.05, 0) is 19.1 Å².